The highest BCUT2D eigenvalue weighted by atomic mass is 79.9. The second-order valence-corrected chi connectivity index (χ2v) is 6.31. The van der Waals surface area contributed by atoms with Crippen LogP contribution in [0.2, 0.25) is 0 Å². The van der Waals surface area contributed by atoms with Crippen molar-refractivity contribution in [3.8, 4) is 0 Å². The van der Waals surface area contributed by atoms with Crippen LogP contribution in [0, 0.1) is 0 Å². The van der Waals surface area contributed by atoms with E-state index in [-0.39, 0.29) is 0 Å². The molecule has 20 heavy (non-hydrogen) atoms. The lowest BCUT2D eigenvalue weighted by atomic mass is 10.2. The molecule has 0 saturated carbocycles. The Morgan fingerprint density at radius 2 is 1.80 bits per heavy atom. The summed E-state index contributed by atoms with van der Waals surface area (Å²) >= 11 is 4.99. The monoisotopic (exact) mass is 348 g/mol. The first-order valence-corrected chi connectivity index (χ1v) is 8.01. The van der Waals surface area contributed by atoms with Crippen molar-refractivity contribution in [2.45, 2.75) is 6.23 Å². The van der Waals surface area contributed by atoms with E-state index in [1.165, 1.54) is 0 Å². The number of nitrogens with zero attached hydrogens (tertiary/aromatic N) is 2. The summed E-state index contributed by atoms with van der Waals surface area (Å²) in [6, 6.07) is 17.8. The third-order valence-electron chi connectivity index (χ3n) is 2.96. The van der Waals surface area contributed by atoms with E-state index in [0.717, 1.165) is 20.8 Å². The van der Waals surface area contributed by atoms with E-state index in [9.17, 15) is 5.11 Å². The lowest BCUT2D eigenvalue weighted by molar-refractivity contribution is 0.193. The van der Waals surface area contributed by atoms with Gasteiger partial charge in [-0.25, -0.2) is 5.01 Å². The van der Waals surface area contributed by atoms with Gasteiger partial charge in [0.05, 0.1) is 5.69 Å². The van der Waals surface area contributed by atoms with Gasteiger partial charge >= 0.3 is 0 Å². The zero-order valence-corrected chi connectivity index (χ0v) is 13.0. The van der Waals surface area contributed by atoms with E-state index in [1.807, 2.05) is 54.6 Å². The quantitative estimate of drug-likeness (QED) is 0.898. The molecule has 0 aliphatic carbocycles. The van der Waals surface area contributed by atoms with E-state index in [4.69, 9.17) is 0 Å². The Morgan fingerprint density at radius 1 is 1.10 bits per heavy atom. The van der Waals surface area contributed by atoms with Crippen molar-refractivity contribution >= 4 is 38.4 Å². The van der Waals surface area contributed by atoms with E-state index in [2.05, 4.69) is 21.0 Å². The molecule has 1 aliphatic rings. The molecule has 1 heterocycles. The molecular weight excluding hydrogens is 336 g/mol. The van der Waals surface area contributed by atoms with Gasteiger partial charge in [-0.3, -0.25) is 0 Å². The first-order chi connectivity index (χ1) is 9.74. The molecule has 3 nitrogen and oxygen atoms in total. The third-order valence-corrected chi connectivity index (χ3v) is 4.55. The summed E-state index contributed by atoms with van der Waals surface area (Å²) in [6.45, 7) is 0. The van der Waals surface area contributed by atoms with Crippen LogP contribution in [0.3, 0.4) is 0 Å². The molecule has 0 aromatic heterocycles. The number of benzene rings is 2. The maximum absolute atomic E-state index is 10.1. The van der Waals surface area contributed by atoms with Crippen LogP contribution in [0.1, 0.15) is 5.56 Å². The van der Waals surface area contributed by atoms with Gasteiger partial charge in [-0.05, 0) is 24.3 Å². The fourth-order valence-electron chi connectivity index (χ4n) is 1.96. The van der Waals surface area contributed by atoms with Crippen LogP contribution < -0.4 is 5.01 Å². The molecule has 1 unspecified atom stereocenters. The molecule has 0 radical (unpaired) electrons. The van der Waals surface area contributed by atoms with Crippen molar-refractivity contribution < 1.29 is 5.11 Å². The molecule has 0 fully saturated rings. The van der Waals surface area contributed by atoms with Crippen LogP contribution in [0.15, 0.2) is 64.2 Å². The number of halogens is 1. The summed E-state index contributed by atoms with van der Waals surface area (Å²) in [4.78, 5) is 0. The summed E-state index contributed by atoms with van der Waals surface area (Å²) < 4.78 is 1.01. The van der Waals surface area contributed by atoms with Crippen LogP contribution in [0.5, 0.6) is 0 Å². The van der Waals surface area contributed by atoms with Crippen molar-refractivity contribution in [2.24, 2.45) is 5.10 Å². The summed E-state index contributed by atoms with van der Waals surface area (Å²) in [5, 5.41) is 17.3. The lowest BCUT2D eigenvalue weighted by Crippen LogP contribution is -2.37. The zero-order chi connectivity index (χ0) is 13.9. The molecular formula is C15H13BrN2OS. The third kappa shape index (κ3) is 2.90. The molecule has 0 bridgehead atoms. The lowest BCUT2D eigenvalue weighted by Gasteiger charge is -2.30. The minimum absolute atomic E-state index is 0.601. The summed E-state index contributed by atoms with van der Waals surface area (Å²) in [6.07, 6.45) is -0.603. The number of hydrogen-bond acceptors (Lipinski definition) is 4. The Bertz CT molecular complexity index is 616. The first-order valence-electron chi connectivity index (χ1n) is 6.24. The molecule has 1 atom stereocenters. The maximum Gasteiger partial charge on any atom is 0.157 e. The highest BCUT2D eigenvalue weighted by molar-refractivity contribution is 9.10. The van der Waals surface area contributed by atoms with Crippen LogP contribution in [-0.4, -0.2) is 22.1 Å². The van der Waals surface area contributed by atoms with E-state index < -0.39 is 6.23 Å². The summed E-state index contributed by atoms with van der Waals surface area (Å²) in [7, 11) is 0. The average molecular weight is 349 g/mol. The predicted octanol–water partition coefficient (Wildman–Crippen LogP) is 3.68. The predicted molar refractivity (Wildman–Crippen MR) is 88.1 cm³/mol. The Labute approximate surface area is 130 Å². The molecule has 102 valence electrons. The van der Waals surface area contributed by atoms with Gasteiger partial charge in [-0.15, -0.1) is 0 Å². The number of aliphatic hydroxyl groups excluding tert-OH is 1. The topological polar surface area (TPSA) is 35.8 Å². The minimum Gasteiger partial charge on any atom is -0.371 e. The smallest absolute Gasteiger partial charge is 0.157 e. The highest BCUT2D eigenvalue weighted by Gasteiger charge is 2.23. The molecule has 0 amide bonds. The fourth-order valence-corrected chi connectivity index (χ4v) is 3.12. The Morgan fingerprint density at radius 3 is 2.50 bits per heavy atom. The molecule has 1 N–H and O–H groups in total. The SMILES string of the molecule is OC1CSC(c2ccccc2)=NN1c1ccc(Br)cc1. The summed E-state index contributed by atoms with van der Waals surface area (Å²) in [5.41, 5.74) is 1.96. The Hall–Kier alpha value is -1.30. The van der Waals surface area contributed by atoms with Crippen molar-refractivity contribution in [3.63, 3.8) is 0 Å². The second-order valence-electron chi connectivity index (χ2n) is 4.38. The van der Waals surface area contributed by atoms with Crippen LogP contribution >= 0.6 is 27.7 Å². The first kappa shape index (κ1) is 13.7. The van der Waals surface area contributed by atoms with Crippen molar-refractivity contribution in [1.29, 1.82) is 0 Å². The van der Waals surface area contributed by atoms with Gasteiger partial charge in [-0.1, -0.05) is 58.0 Å². The average Bonchev–Trinajstić information content (AvgIpc) is 2.50. The summed E-state index contributed by atoms with van der Waals surface area (Å²) in [5.74, 6) is 0.601. The van der Waals surface area contributed by atoms with Gasteiger partial charge in [0.1, 0.15) is 5.04 Å². The number of aliphatic hydroxyl groups is 1. The number of hydrogen-bond donors (Lipinski definition) is 1. The minimum atomic E-state index is -0.603. The van der Waals surface area contributed by atoms with Gasteiger partial charge in [0.2, 0.25) is 0 Å². The Balaban J connectivity index is 1.95. The number of thioether (sulfide) groups is 1. The molecule has 5 heteroatoms. The molecule has 0 saturated heterocycles. The molecule has 2 aromatic carbocycles. The number of rotatable bonds is 2. The molecule has 1 aliphatic heterocycles. The largest absolute Gasteiger partial charge is 0.371 e. The van der Waals surface area contributed by atoms with Crippen molar-refractivity contribution in [1.82, 2.24) is 0 Å². The molecule has 0 spiro atoms. The van der Waals surface area contributed by atoms with Gasteiger partial charge < -0.3 is 5.11 Å². The number of anilines is 1. The Kier molecular flexibility index (Phi) is 4.10. The van der Waals surface area contributed by atoms with Gasteiger partial charge in [0.15, 0.2) is 6.23 Å². The highest BCUT2D eigenvalue weighted by Crippen LogP contribution is 2.28. The van der Waals surface area contributed by atoms with Crippen molar-refractivity contribution in [3.05, 3.63) is 64.6 Å². The molecule has 2 aromatic rings. The standard InChI is InChI=1S/C15H13BrN2OS/c16-12-6-8-13(9-7-12)18-14(19)10-20-15(17-18)11-4-2-1-3-5-11/h1-9,14,19H,10H2. The maximum atomic E-state index is 10.1. The van der Waals surface area contributed by atoms with Gasteiger partial charge in [-0.2, -0.15) is 5.10 Å². The van der Waals surface area contributed by atoms with E-state index in [1.54, 1.807) is 16.8 Å². The number of hydrazone groups is 1. The van der Waals surface area contributed by atoms with E-state index in [0.29, 0.717) is 5.75 Å². The van der Waals surface area contributed by atoms with Crippen molar-refractivity contribution in [2.75, 3.05) is 10.8 Å². The van der Waals surface area contributed by atoms with E-state index >= 15 is 0 Å². The van der Waals surface area contributed by atoms with Crippen LogP contribution in [0.25, 0.3) is 0 Å². The van der Waals surface area contributed by atoms with Crippen LogP contribution in [0.4, 0.5) is 5.69 Å². The molecule has 3 rings (SSSR count). The second kappa shape index (κ2) is 5.99. The fraction of sp³-hybridized carbons (Fsp3) is 0.133. The normalized spacial score (nSPS) is 18.8. The van der Waals surface area contributed by atoms with Gasteiger partial charge in [0.25, 0.3) is 0 Å². The van der Waals surface area contributed by atoms with Gasteiger partial charge in [0, 0.05) is 15.8 Å². The zero-order valence-electron chi connectivity index (χ0n) is 10.6. The van der Waals surface area contributed by atoms with Crippen LogP contribution in [-0.2, 0) is 0 Å².